The van der Waals surface area contributed by atoms with E-state index in [0.717, 1.165) is 29.7 Å². The molecule has 0 spiro atoms. The van der Waals surface area contributed by atoms with Crippen molar-refractivity contribution in [1.29, 1.82) is 0 Å². The van der Waals surface area contributed by atoms with Crippen LogP contribution in [0, 0.1) is 0 Å². The number of methoxy groups -OCH3 is 1. The van der Waals surface area contributed by atoms with E-state index in [1.54, 1.807) is 20.2 Å². The lowest BCUT2D eigenvalue weighted by atomic mass is 9.90. The minimum atomic E-state index is -0.906. The van der Waals surface area contributed by atoms with Crippen molar-refractivity contribution < 1.29 is 19.4 Å². The average molecular weight is 368 g/mol. The molecule has 2 unspecified atom stereocenters. The first kappa shape index (κ1) is 17.8. The van der Waals surface area contributed by atoms with Crippen molar-refractivity contribution in [3.8, 4) is 11.5 Å². The van der Waals surface area contributed by atoms with Gasteiger partial charge in [0.2, 0.25) is 0 Å². The molecule has 2 aliphatic rings. The molecule has 0 radical (unpaired) electrons. The largest absolute Gasteiger partial charge is 0.497 e. The van der Waals surface area contributed by atoms with E-state index in [-0.39, 0.29) is 17.9 Å². The van der Waals surface area contributed by atoms with Gasteiger partial charge in [-0.15, -0.1) is 0 Å². The first-order chi connectivity index (χ1) is 13.1. The van der Waals surface area contributed by atoms with Gasteiger partial charge in [-0.25, -0.2) is 0 Å². The molecule has 1 fully saturated rings. The summed E-state index contributed by atoms with van der Waals surface area (Å²) in [7, 11) is 3.31. The number of ether oxygens (including phenoxy) is 2. The summed E-state index contributed by atoms with van der Waals surface area (Å²) >= 11 is 0. The van der Waals surface area contributed by atoms with Gasteiger partial charge in [-0.3, -0.25) is 10.1 Å². The summed E-state index contributed by atoms with van der Waals surface area (Å²) < 4.78 is 11.3. The maximum atomic E-state index is 12.6. The van der Waals surface area contributed by atoms with Gasteiger partial charge in [0.25, 0.3) is 5.91 Å². The number of amides is 1. The van der Waals surface area contributed by atoms with Gasteiger partial charge in [-0.1, -0.05) is 12.1 Å². The van der Waals surface area contributed by atoms with E-state index in [1.165, 1.54) is 0 Å². The van der Waals surface area contributed by atoms with Crippen LogP contribution < -0.4 is 20.1 Å². The normalized spacial score (nSPS) is 19.1. The predicted octanol–water partition coefficient (Wildman–Crippen LogP) is 2.32. The molecule has 6 heteroatoms. The second-order valence-corrected chi connectivity index (χ2v) is 7.06. The zero-order valence-electron chi connectivity index (χ0n) is 15.5. The Bertz CT molecular complexity index is 863. The molecule has 2 atom stereocenters. The summed E-state index contributed by atoms with van der Waals surface area (Å²) in [5.74, 6) is 1.29. The number of fused-ring (bicyclic) bond motifs is 1. The number of benzene rings is 2. The van der Waals surface area contributed by atoms with Crippen LogP contribution in [0.15, 0.2) is 36.4 Å². The van der Waals surface area contributed by atoms with Crippen LogP contribution in [-0.4, -0.2) is 37.8 Å². The van der Waals surface area contributed by atoms with Gasteiger partial charge in [-0.2, -0.15) is 0 Å². The molecule has 0 saturated heterocycles. The third-order valence-electron chi connectivity index (χ3n) is 5.16. The number of carbonyl (C=O) groups excluding carboxylic acids is 1. The summed E-state index contributed by atoms with van der Waals surface area (Å²) in [6.45, 7) is 0.458. The SMILES string of the molecule is CNC(O)c1cc(C(=O)NC2CC2)cc2c1OCC2c1cccc(OC)c1. The van der Waals surface area contributed by atoms with Crippen molar-refractivity contribution in [3.63, 3.8) is 0 Å². The maximum Gasteiger partial charge on any atom is 0.251 e. The highest BCUT2D eigenvalue weighted by Crippen LogP contribution is 2.43. The van der Waals surface area contributed by atoms with E-state index < -0.39 is 6.23 Å². The first-order valence-corrected chi connectivity index (χ1v) is 9.21. The first-order valence-electron chi connectivity index (χ1n) is 9.21. The van der Waals surface area contributed by atoms with Gasteiger partial charge in [-0.05, 0) is 49.7 Å². The lowest BCUT2D eigenvalue weighted by Crippen LogP contribution is -2.26. The summed E-state index contributed by atoms with van der Waals surface area (Å²) in [5, 5.41) is 16.2. The molecule has 0 aromatic heterocycles. The summed E-state index contributed by atoms with van der Waals surface area (Å²) in [6.07, 6.45) is 1.15. The van der Waals surface area contributed by atoms with E-state index in [9.17, 15) is 9.90 Å². The Morgan fingerprint density at radius 1 is 1.30 bits per heavy atom. The smallest absolute Gasteiger partial charge is 0.251 e. The maximum absolute atomic E-state index is 12.6. The standard InChI is InChI=1S/C21H24N2O4/c1-22-21(25)17-10-13(20(24)23-14-6-7-14)9-16-18(11-27-19(16)17)12-4-3-5-15(8-12)26-2/h3-5,8-10,14,18,21-22,25H,6-7,11H2,1-2H3,(H,23,24). The van der Waals surface area contributed by atoms with Crippen LogP contribution in [0.3, 0.4) is 0 Å². The number of hydrogen-bond acceptors (Lipinski definition) is 5. The highest BCUT2D eigenvalue weighted by Gasteiger charge is 2.32. The zero-order valence-corrected chi connectivity index (χ0v) is 15.5. The number of aliphatic hydroxyl groups is 1. The number of hydrogen-bond donors (Lipinski definition) is 3. The molecular weight excluding hydrogens is 344 g/mol. The van der Waals surface area contributed by atoms with E-state index in [4.69, 9.17) is 9.47 Å². The Hall–Kier alpha value is -2.57. The molecule has 1 aliphatic carbocycles. The van der Waals surface area contributed by atoms with Crippen molar-refractivity contribution in [1.82, 2.24) is 10.6 Å². The lowest BCUT2D eigenvalue weighted by Gasteiger charge is -2.17. The van der Waals surface area contributed by atoms with Crippen molar-refractivity contribution in [3.05, 3.63) is 58.7 Å². The molecule has 3 N–H and O–H groups in total. The van der Waals surface area contributed by atoms with Gasteiger partial charge >= 0.3 is 0 Å². The molecule has 1 saturated carbocycles. The predicted molar refractivity (Wildman–Crippen MR) is 101 cm³/mol. The highest BCUT2D eigenvalue weighted by atomic mass is 16.5. The van der Waals surface area contributed by atoms with Crippen LogP contribution in [0.5, 0.6) is 11.5 Å². The number of aliphatic hydroxyl groups excluding tert-OH is 1. The quantitative estimate of drug-likeness (QED) is 0.682. The Balaban J connectivity index is 1.76. The fraction of sp³-hybridized carbons (Fsp3) is 0.381. The van der Waals surface area contributed by atoms with Crippen molar-refractivity contribution in [2.24, 2.45) is 0 Å². The second-order valence-electron chi connectivity index (χ2n) is 7.06. The molecule has 4 rings (SSSR count). The molecule has 1 amide bonds. The fourth-order valence-corrected chi connectivity index (χ4v) is 3.48. The molecule has 2 aromatic rings. The molecule has 142 valence electrons. The highest BCUT2D eigenvalue weighted by molar-refractivity contribution is 5.95. The average Bonchev–Trinajstić information content (AvgIpc) is 3.41. The Kier molecular flexibility index (Phi) is 4.76. The molecule has 1 aliphatic heterocycles. The molecule has 1 heterocycles. The number of rotatable bonds is 6. The van der Waals surface area contributed by atoms with Gasteiger partial charge in [0.1, 0.15) is 17.7 Å². The van der Waals surface area contributed by atoms with E-state index in [0.29, 0.717) is 23.5 Å². The van der Waals surface area contributed by atoms with E-state index in [2.05, 4.69) is 10.6 Å². The van der Waals surface area contributed by atoms with Crippen LogP contribution in [0.25, 0.3) is 0 Å². The Morgan fingerprint density at radius 2 is 2.11 bits per heavy atom. The molecule has 0 bridgehead atoms. The Morgan fingerprint density at radius 3 is 2.81 bits per heavy atom. The number of carbonyl (C=O) groups is 1. The van der Waals surface area contributed by atoms with Gasteiger partial charge < -0.3 is 19.9 Å². The third-order valence-corrected chi connectivity index (χ3v) is 5.16. The fourth-order valence-electron chi connectivity index (χ4n) is 3.48. The van der Waals surface area contributed by atoms with Gasteiger partial charge in [0.15, 0.2) is 0 Å². The topological polar surface area (TPSA) is 79.8 Å². The van der Waals surface area contributed by atoms with E-state index in [1.807, 2.05) is 30.3 Å². The second kappa shape index (κ2) is 7.21. The summed E-state index contributed by atoms with van der Waals surface area (Å²) in [6, 6.07) is 11.7. The zero-order chi connectivity index (χ0) is 19.0. The lowest BCUT2D eigenvalue weighted by molar-refractivity contribution is 0.0950. The van der Waals surface area contributed by atoms with E-state index >= 15 is 0 Å². The molecular formula is C21H24N2O4. The van der Waals surface area contributed by atoms with Crippen LogP contribution in [-0.2, 0) is 0 Å². The number of nitrogens with one attached hydrogen (secondary N) is 2. The van der Waals surface area contributed by atoms with Crippen molar-refractivity contribution in [2.75, 3.05) is 20.8 Å². The monoisotopic (exact) mass is 368 g/mol. The molecule has 6 nitrogen and oxygen atoms in total. The van der Waals surface area contributed by atoms with Gasteiger partial charge in [0.05, 0.1) is 13.7 Å². The van der Waals surface area contributed by atoms with Crippen LogP contribution in [0.1, 0.15) is 52.0 Å². The Labute approximate surface area is 158 Å². The summed E-state index contributed by atoms with van der Waals surface area (Å²) in [5.41, 5.74) is 3.10. The minimum Gasteiger partial charge on any atom is -0.497 e. The minimum absolute atomic E-state index is 0.0217. The third kappa shape index (κ3) is 3.50. The van der Waals surface area contributed by atoms with Crippen LogP contribution in [0.2, 0.25) is 0 Å². The van der Waals surface area contributed by atoms with Crippen molar-refractivity contribution in [2.45, 2.75) is 31.0 Å². The molecule has 2 aromatic carbocycles. The van der Waals surface area contributed by atoms with Crippen LogP contribution >= 0.6 is 0 Å². The van der Waals surface area contributed by atoms with Gasteiger partial charge in [0, 0.05) is 28.7 Å². The molecule has 27 heavy (non-hydrogen) atoms. The van der Waals surface area contributed by atoms with Crippen LogP contribution in [0.4, 0.5) is 0 Å². The van der Waals surface area contributed by atoms with Crippen molar-refractivity contribution >= 4 is 5.91 Å². The summed E-state index contributed by atoms with van der Waals surface area (Å²) in [4.78, 5) is 12.6.